The van der Waals surface area contributed by atoms with Gasteiger partial charge in [-0.1, -0.05) is 0 Å². The summed E-state index contributed by atoms with van der Waals surface area (Å²) in [6, 6.07) is 0. The van der Waals surface area contributed by atoms with Crippen LogP contribution in [0.15, 0.2) is 6.20 Å². The van der Waals surface area contributed by atoms with Gasteiger partial charge >= 0.3 is 0 Å². The average molecular weight is 228 g/mol. The van der Waals surface area contributed by atoms with Gasteiger partial charge in [0.25, 0.3) is 0 Å². The van der Waals surface area contributed by atoms with E-state index in [4.69, 9.17) is 4.98 Å². The van der Waals surface area contributed by atoms with E-state index in [9.17, 15) is 0 Å². The summed E-state index contributed by atoms with van der Waals surface area (Å²) in [5.74, 6) is 0.914. The summed E-state index contributed by atoms with van der Waals surface area (Å²) >= 11 is 0. The van der Waals surface area contributed by atoms with E-state index in [2.05, 4.69) is 14.7 Å². The van der Waals surface area contributed by atoms with Crippen molar-refractivity contribution in [2.75, 3.05) is 6.54 Å². The minimum absolute atomic E-state index is 0.914. The Labute approximate surface area is 100 Å². The lowest BCUT2D eigenvalue weighted by molar-refractivity contribution is 0.607. The first-order valence-electron chi connectivity index (χ1n) is 6.51. The van der Waals surface area contributed by atoms with Gasteiger partial charge in [0, 0.05) is 42.7 Å². The first kappa shape index (κ1) is 9.59. The lowest BCUT2D eigenvalue weighted by atomic mass is 10.0. The molecule has 0 saturated heterocycles. The van der Waals surface area contributed by atoms with Crippen LogP contribution in [0.25, 0.3) is 5.78 Å². The molecular weight excluding hydrogens is 212 g/mol. The van der Waals surface area contributed by atoms with Gasteiger partial charge in [-0.2, -0.15) is 0 Å². The SMILES string of the molecule is c1nc2nc3c(n2c2c1CNCC2)CCCC3. The summed E-state index contributed by atoms with van der Waals surface area (Å²) in [7, 11) is 0. The number of aromatic nitrogens is 3. The number of imidazole rings is 1. The smallest absolute Gasteiger partial charge is 0.234 e. The van der Waals surface area contributed by atoms with E-state index < -0.39 is 0 Å². The monoisotopic (exact) mass is 228 g/mol. The van der Waals surface area contributed by atoms with Gasteiger partial charge in [0.1, 0.15) is 0 Å². The summed E-state index contributed by atoms with van der Waals surface area (Å²) in [5, 5.41) is 3.40. The van der Waals surface area contributed by atoms with Crippen molar-refractivity contribution in [3.8, 4) is 0 Å². The fraction of sp³-hybridized carbons (Fsp3) is 0.538. The van der Waals surface area contributed by atoms with Crippen LogP contribution in [0.1, 0.15) is 35.5 Å². The summed E-state index contributed by atoms with van der Waals surface area (Å²) in [6.45, 7) is 2.02. The summed E-state index contributed by atoms with van der Waals surface area (Å²) in [6.07, 6.45) is 7.96. The highest BCUT2D eigenvalue weighted by molar-refractivity contribution is 5.42. The van der Waals surface area contributed by atoms with Crippen LogP contribution in [0, 0.1) is 0 Å². The van der Waals surface area contributed by atoms with Gasteiger partial charge in [0.2, 0.25) is 5.78 Å². The molecule has 0 fully saturated rings. The van der Waals surface area contributed by atoms with Gasteiger partial charge in [0.05, 0.1) is 5.69 Å². The van der Waals surface area contributed by atoms with Crippen LogP contribution in [0.5, 0.6) is 0 Å². The number of nitrogens with one attached hydrogen (secondary N) is 1. The number of aryl methyl sites for hydroxylation is 2. The Hall–Kier alpha value is -1.42. The van der Waals surface area contributed by atoms with E-state index in [-0.39, 0.29) is 0 Å². The number of hydrogen-bond acceptors (Lipinski definition) is 3. The predicted octanol–water partition coefficient (Wildman–Crippen LogP) is 1.25. The quantitative estimate of drug-likeness (QED) is 0.738. The Morgan fingerprint density at radius 3 is 3.06 bits per heavy atom. The van der Waals surface area contributed by atoms with Crippen molar-refractivity contribution in [1.29, 1.82) is 0 Å². The maximum atomic E-state index is 4.69. The number of fused-ring (bicyclic) bond motifs is 5. The first-order valence-corrected chi connectivity index (χ1v) is 6.51. The van der Waals surface area contributed by atoms with Gasteiger partial charge in [0.15, 0.2) is 0 Å². The number of rotatable bonds is 0. The molecule has 0 spiro atoms. The molecule has 2 aromatic heterocycles. The summed E-state index contributed by atoms with van der Waals surface area (Å²) in [4.78, 5) is 9.20. The highest BCUT2D eigenvalue weighted by atomic mass is 15.1. The molecule has 1 aliphatic carbocycles. The van der Waals surface area contributed by atoms with E-state index in [1.807, 2.05) is 6.20 Å². The van der Waals surface area contributed by atoms with Gasteiger partial charge < -0.3 is 5.32 Å². The van der Waals surface area contributed by atoms with E-state index in [1.54, 1.807) is 0 Å². The normalized spacial score (nSPS) is 19.1. The Morgan fingerprint density at radius 2 is 2.06 bits per heavy atom. The molecule has 0 amide bonds. The highest BCUT2D eigenvalue weighted by Crippen LogP contribution is 2.25. The van der Waals surface area contributed by atoms with Gasteiger partial charge in [-0.25, -0.2) is 9.97 Å². The molecule has 2 aromatic rings. The van der Waals surface area contributed by atoms with Crippen LogP contribution in [-0.4, -0.2) is 20.9 Å². The molecule has 0 saturated carbocycles. The summed E-state index contributed by atoms with van der Waals surface area (Å²) in [5.41, 5.74) is 5.49. The molecule has 1 aliphatic heterocycles. The lowest BCUT2D eigenvalue weighted by Crippen LogP contribution is -2.26. The second-order valence-electron chi connectivity index (χ2n) is 5.00. The largest absolute Gasteiger partial charge is 0.312 e. The molecule has 4 heteroatoms. The second-order valence-corrected chi connectivity index (χ2v) is 5.00. The van der Waals surface area contributed by atoms with Crippen molar-refractivity contribution in [3.05, 3.63) is 28.8 Å². The third-order valence-corrected chi connectivity index (χ3v) is 3.95. The Kier molecular flexibility index (Phi) is 1.99. The molecule has 0 aromatic carbocycles. The third kappa shape index (κ3) is 1.33. The van der Waals surface area contributed by atoms with E-state index >= 15 is 0 Å². The molecule has 0 unspecified atom stereocenters. The van der Waals surface area contributed by atoms with E-state index in [1.165, 1.54) is 41.9 Å². The third-order valence-electron chi connectivity index (χ3n) is 3.95. The van der Waals surface area contributed by atoms with Crippen molar-refractivity contribution in [2.45, 2.75) is 38.6 Å². The lowest BCUT2D eigenvalue weighted by Gasteiger charge is -2.19. The summed E-state index contributed by atoms with van der Waals surface area (Å²) < 4.78 is 2.34. The van der Waals surface area contributed by atoms with Crippen LogP contribution in [-0.2, 0) is 25.8 Å². The predicted molar refractivity (Wildman–Crippen MR) is 65.0 cm³/mol. The zero-order valence-electron chi connectivity index (χ0n) is 9.87. The molecule has 4 rings (SSSR count). The molecular formula is C13H16N4. The van der Waals surface area contributed by atoms with E-state index in [0.29, 0.717) is 0 Å². The number of hydrogen-bond donors (Lipinski definition) is 1. The molecule has 3 heterocycles. The maximum Gasteiger partial charge on any atom is 0.234 e. The number of nitrogens with zero attached hydrogens (tertiary/aromatic N) is 3. The van der Waals surface area contributed by atoms with Crippen LogP contribution in [0.4, 0.5) is 0 Å². The fourth-order valence-corrected chi connectivity index (χ4v) is 3.10. The van der Waals surface area contributed by atoms with Crippen molar-refractivity contribution in [3.63, 3.8) is 0 Å². The molecule has 88 valence electrons. The van der Waals surface area contributed by atoms with Crippen molar-refractivity contribution in [1.82, 2.24) is 19.7 Å². The second kappa shape index (κ2) is 3.53. The fourth-order valence-electron chi connectivity index (χ4n) is 3.10. The molecule has 1 N–H and O–H groups in total. The topological polar surface area (TPSA) is 42.2 Å². The minimum atomic E-state index is 0.914. The standard InChI is InChI=1S/C13H16N4/c1-2-4-12-10(3-1)16-13-15-8-9-7-14-6-5-11(9)17(12)13/h8,14H,1-7H2. The average Bonchev–Trinajstić information content (AvgIpc) is 2.77. The Morgan fingerprint density at radius 1 is 1.12 bits per heavy atom. The van der Waals surface area contributed by atoms with Gasteiger partial charge in [-0.15, -0.1) is 0 Å². The maximum absolute atomic E-state index is 4.69. The first-order chi connectivity index (χ1) is 8.43. The van der Waals surface area contributed by atoms with Crippen LogP contribution < -0.4 is 5.32 Å². The molecule has 4 nitrogen and oxygen atoms in total. The molecule has 17 heavy (non-hydrogen) atoms. The zero-order valence-corrected chi connectivity index (χ0v) is 9.87. The van der Waals surface area contributed by atoms with Gasteiger partial charge in [-0.3, -0.25) is 4.40 Å². The van der Waals surface area contributed by atoms with Gasteiger partial charge in [-0.05, 0) is 25.7 Å². The van der Waals surface area contributed by atoms with Crippen LogP contribution in [0.3, 0.4) is 0 Å². The Balaban J connectivity index is 2.04. The van der Waals surface area contributed by atoms with Crippen LogP contribution >= 0.6 is 0 Å². The molecule has 0 atom stereocenters. The molecule has 0 radical (unpaired) electrons. The van der Waals surface area contributed by atoms with Crippen molar-refractivity contribution in [2.24, 2.45) is 0 Å². The molecule has 2 aliphatic rings. The minimum Gasteiger partial charge on any atom is -0.312 e. The van der Waals surface area contributed by atoms with Crippen molar-refractivity contribution >= 4 is 5.78 Å². The molecule has 0 bridgehead atoms. The highest BCUT2D eigenvalue weighted by Gasteiger charge is 2.21. The van der Waals surface area contributed by atoms with Crippen LogP contribution in [0.2, 0.25) is 0 Å². The van der Waals surface area contributed by atoms with Crippen molar-refractivity contribution < 1.29 is 0 Å². The Bertz CT molecular complexity index is 583. The van der Waals surface area contributed by atoms with E-state index in [0.717, 1.165) is 31.7 Å². The zero-order chi connectivity index (χ0) is 11.2.